The van der Waals surface area contributed by atoms with Gasteiger partial charge in [0.05, 0.1) is 29.0 Å². The summed E-state index contributed by atoms with van der Waals surface area (Å²) in [6.45, 7) is 2.86. The molecule has 1 atom stereocenters. The van der Waals surface area contributed by atoms with Crippen LogP contribution in [0.15, 0.2) is 47.6 Å². The number of aliphatic imine (C=N–C) groups is 1. The molecule has 2 heterocycles. The topological polar surface area (TPSA) is 79.6 Å². The van der Waals surface area contributed by atoms with Crippen molar-refractivity contribution in [1.29, 1.82) is 0 Å². The Bertz CT molecular complexity index is 1320. The Kier molecular flexibility index (Phi) is 7.60. The number of nitrogens with one attached hydrogen (secondary N) is 1. The molecule has 0 spiro atoms. The fourth-order valence-corrected chi connectivity index (χ4v) is 5.45. The molecule has 36 heavy (non-hydrogen) atoms. The molecule has 4 rings (SSSR count). The molecule has 1 unspecified atom stereocenters. The highest BCUT2D eigenvalue weighted by molar-refractivity contribution is 8.15. The van der Waals surface area contributed by atoms with Gasteiger partial charge in [-0.2, -0.15) is 18.3 Å². The Labute approximate surface area is 214 Å². The first-order valence-corrected chi connectivity index (χ1v) is 12.3. The van der Waals surface area contributed by atoms with Gasteiger partial charge in [-0.25, -0.2) is 4.99 Å². The van der Waals surface area contributed by atoms with Crippen molar-refractivity contribution < 1.29 is 22.8 Å². The lowest BCUT2D eigenvalue weighted by molar-refractivity contribution is -0.139. The van der Waals surface area contributed by atoms with Crippen LogP contribution < -0.4 is 5.32 Å². The van der Waals surface area contributed by atoms with Crippen LogP contribution in [0.3, 0.4) is 0 Å². The predicted molar refractivity (Wildman–Crippen MR) is 135 cm³/mol. The second-order valence-electron chi connectivity index (χ2n) is 8.43. The van der Waals surface area contributed by atoms with E-state index in [9.17, 15) is 22.8 Å². The summed E-state index contributed by atoms with van der Waals surface area (Å²) in [4.78, 5) is 31.5. The third-order valence-corrected chi connectivity index (χ3v) is 7.03. The summed E-state index contributed by atoms with van der Waals surface area (Å²) >= 11 is 7.46. The minimum Gasteiger partial charge on any atom is -0.347 e. The van der Waals surface area contributed by atoms with E-state index in [0.29, 0.717) is 22.4 Å². The fraction of sp³-hybridized carbons (Fsp3) is 0.333. The second kappa shape index (κ2) is 10.5. The smallest absolute Gasteiger partial charge is 0.347 e. The molecule has 1 fully saturated rings. The molecule has 190 valence electrons. The van der Waals surface area contributed by atoms with Crippen LogP contribution in [0.4, 0.5) is 18.9 Å². The summed E-state index contributed by atoms with van der Waals surface area (Å²) in [7, 11) is 0. The number of thioether (sulfide) groups is 1. The Morgan fingerprint density at radius 3 is 2.69 bits per heavy atom. The lowest BCUT2D eigenvalue weighted by atomic mass is 10.1. The Morgan fingerprint density at radius 1 is 1.22 bits per heavy atom. The summed E-state index contributed by atoms with van der Waals surface area (Å²) in [5, 5.41) is 7.00. The van der Waals surface area contributed by atoms with Crippen molar-refractivity contribution in [3.05, 3.63) is 58.7 Å². The Balaban J connectivity index is 1.59. The highest BCUT2D eigenvalue weighted by Crippen LogP contribution is 2.36. The number of carbonyl (C=O) groups is 2. The van der Waals surface area contributed by atoms with Crippen molar-refractivity contribution in [3.8, 4) is 0 Å². The van der Waals surface area contributed by atoms with E-state index in [4.69, 9.17) is 11.6 Å². The maximum absolute atomic E-state index is 13.2. The molecule has 12 heteroatoms. The standard InChI is InChI=1S/C24H23ClF3N5O2S/c1-14-9-15(2)21(17(25)10-14)31-23-32(7-8-33-18-6-4-3-5-16(18)12-30-33)22(35)19(36-23)11-20(34)29-13-24(26,27)28/h3-6,9-10,12,19H,7-8,11,13H2,1-2H3,(H,29,34). The van der Waals surface area contributed by atoms with Crippen LogP contribution >= 0.6 is 23.4 Å². The molecule has 1 aliphatic rings. The summed E-state index contributed by atoms with van der Waals surface area (Å²) in [6, 6.07) is 11.3. The van der Waals surface area contributed by atoms with Crippen LogP contribution in [-0.4, -0.2) is 56.2 Å². The largest absolute Gasteiger partial charge is 0.405 e. The number of nitrogens with zero attached hydrogens (tertiary/aromatic N) is 4. The minimum absolute atomic E-state index is 0.208. The number of alkyl halides is 3. The highest BCUT2D eigenvalue weighted by Gasteiger charge is 2.40. The van der Waals surface area contributed by atoms with Gasteiger partial charge in [-0.15, -0.1) is 0 Å². The van der Waals surface area contributed by atoms with Crippen LogP contribution in [0, 0.1) is 13.8 Å². The number of hydrogen-bond acceptors (Lipinski definition) is 5. The zero-order valence-corrected chi connectivity index (χ0v) is 21.0. The Hall–Kier alpha value is -3.05. The van der Waals surface area contributed by atoms with Crippen LogP contribution in [0.2, 0.25) is 5.02 Å². The average molecular weight is 538 g/mol. The first kappa shape index (κ1) is 26.0. The van der Waals surface area contributed by atoms with E-state index in [1.165, 1.54) is 4.90 Å². The van der Waals surface area contributed by atoms with Gasteiger partial charge in [-0.05, 0) is 37.1 Å². The van der Waals surface area contributed by atoms with Gasteiger partial charge in [-0.1, -0.05) is 47.6 Å². The molecule has 0 bridgehead atoms. The number of fused-ring (bicyclic) bond motifs is 1. The molecule has 2 amide bonds. The first-order valence-electron chi connectivity index (χ1n) is 11.1. The molecule has 1 aliphatic heterocycles. The SMILES string of the molecule is Cc1cc(C)c(N=C2SC(CC(=O)NCC(F)(F)F)C(=O)N2CCn2ncc3ccccc32)c(Cl)c1. The van der Waals surface area contributed by atoms with Crippen molar-refractivity contribution in [2.45, 2.75) is 38.2 Å². The summed E-state index contributed by atoms with van der Waals surface area (Å²) < 4.78 is 39.2. The van der Waals surface area contributed by atoms with Crippen molar-refractivity contribution in [2.24, 2.45) is 4.99 Å². The normalized spacial score (nSPS) is 17.4. The van der Waals surface area contributed by atoms with Gasteiger partial charge in [0.15, 0.2) is 5.17 Å². The number of aromatic nitrogens is 2. The van der Waals surface area contributed by atoms with Gasteiger partial charge >= 0.3 is 6.18 Å². The van der Waals surface area contributed by atoms with Gasteiger partial charge in [0.2, 0.25) is 11.8 Å². The number of hydrogen-bond donors (Lipinski definition) is 1. The fourth-order valence-electron chi connectivity index (χ4n) is 3.91. The highest BCUT2D eigenvalue weighted by atomic mass is 35.5. The van der Waals surface area contributed by atoms with Crippen molar-refractivity contribution in [2.75, 3.05) is 13.1 Å². The van der Waals surface area contributed by atoms with Crippen LogP contribution in [0.5, 0.6) is 0 Å². The lowest BCUT2D eigenvalue weighted by Crippen LogP contribution is -2.38. The quantitative estimate of drug-likeness (QED) is 0.460. The van der Waals surface area contributed by atoms with E-state index in [-0.39, 0.29) is 6.54 Å². The number of aryl methyl sites for hydroxylation is 2. The zero-order valence-electron chi connectivity index (χ0n) is 19.5. The molecule has 0 aliphatic carbocycles. The van der Waals surface area contributed by atoms with Gasteiger partial charge in [0, 0.05) is 18.4 Å². The van der Waals surface area contributed by atoms with Crippen molar-refractivity contribution >= 4 is 56.9 Å². The Morgan fingerprint density at radius 2 is 1.97 bits per heavy atom. The van der Waals surface area contributed by atoms with Gasteiger partial charge in [0.25, 0.3) is 0 Å². The molecule has 1 saturated heterocycles. The van der Waals surface area contributed by atoms with E-state index in [0.717, 1.165) is 33.8 Å². The van der Waals surface area contributed by atoms with Gasteiger partial charge in [0.1, 0.15) is 11.8 Å². The molecule has 0 saturated carbocycles. The van der Waals surface area contributed by atoms with Gasteiger partial charge < -0.3 is 5.32 Å². The maximum Gasteiger partial charge on any atom is 0.405 e. The number of benzene rings is 2. The van der Waals surface area contributed by atoms with Gasteiger partial charge in [-0.3, -0.25) is 19.2 Å². The molecule has 2 aromatic carbocycles. The summed E-state index contributed by atoms with van der Waals surface area (Å²) in [5.74, 6) is -1.26. The first-order chi connectivity index (χ1) is 17.0. The molecule has 1 N–H and O–H groups in total. The third kappa shape index (κ3) is 6.01. The maximum atomic E-state index is 13.2. The summed E-state index contributed by atoms with van der Waals surface area (Å²) in [5.41, 5.74) is 3.16. The molecular weight excluding hydrogens is 515 g/mol. The van der Waals surface area contributed by atoms with Crippen LogP contribution in [0.25, 0.3) is 10.9 Å². The van der Waals surface area contributed by atoms with Crippen molar-refractivity contribution in [3.63, 3.8) is 0 Å². The second-order valence-corrected chi connectivity index (χ2v) is 10.0. The van der Waals surface area contributed by atoms with Crippen LogP contribution in [-0.2, 0) is 16.1 Å². The molecule has 0 radical (unpaired) electrons. The third-order valence-electron chi connectivity index (χ3n) is 5.57. The number of amides is 2. The van der Waals surface area contributed by atoms with E-state index in [1.807, 2.05) is 49.5 Å². The number of carbonyl (C=O) groups excluding carboxylic acids is 2. The lowest BCUT2D eigenvalue weighted by Gasteiger charge is -2.17. The van der Waals surface area contributed by atoms with E-state index >= 15 is 0 Å². The van der Waals surface area contributed by atoms with E-state index < -0.39 is 36.2 Å². The average Bonchev–Trinajstić information content (AvgIpc) is 3.34. The predicted octanol–water partition coefficient (Wildman–Crippen LogP) is 5.01. The van der Waals surface area contributed by atoms with E-state index in [1.54, 1.807) is 16.9 Å². The minimum atomic E-state index is -4.53. The number of rotatable bonds is 7. The number of para-hydroxylation sites is 1. The molecule has 7 nitrogen and oxygen atoms in total. The number of halogens is 4. The monoisotopic (exact) mass is 537 g/mol. The van der Waals surface area contributed by atoms with Crippen molar-refractivity contribution in [1.82, 2.24) is 20.0 Å². The molecule has 3 aromatic rings. The van der Waals surface area contributed by atoms with E-state index in [2.05, 4.69) is 10.1 Å². The molecular formula is C24H23ClF3N5O2S. The zero-order chi connectivity index (χ0) is 26.0. The number of amidine groups is 1. The summed E-state index contributed by atoms with van der Waals surface area (Å²) in [6.07, 6.45) is -3.21. The van der Waals surface area contributed by atoms with Crippen LogP contribution in [0.1, 0.15) is 17.5 Å². The molecule has 1 aromatic heterocycles.